The minimum Gasteiger partial charge on any atom is -0.497 e. The molecule has 2 aromatic rings. The van der Waals surface area contributed by atoms with Crippen LogP contribution in [0.15, 0.2) is 42.7 Å². The second-order valence-corrected chi connectivity index (χ2v) is 7.92. The van der Waals surface area contributed by atoms with Crippen LogP contribution >= 0.6 is 0 Å². The molecule has 7 nitrogen and oxygen atoms in total. The highest BCUT2D eigenvalue weighted by molar-refractivity contribution is 5.85. The van der Waals surface area contributed by atoms with E-state index < -0.39 is 0 Å². The molecule has 1 aliphatic carbocycles. The van der Waals surface area contributed by atoms with Crippen molar-refractivity contribution < 1.29 is 19.1 Å². The molecule has 1 saturated carbocycles. The van der Waals surface area contributed by atoms with Gasteiger partial charge in [-0.25, -0.2) is 0 Å². The maximum Gasteiger partial charge on any atom is 0.225 e. The van der Waals surface area contributed by atoms with Crippen molar-refractivity contribution in [2.75, 3.05) is 27.3 Å². The monoisotopic (exact) mass is 409 g/mol. The van der Waals surface area contributed by atoms with E-state index in [1.54, 1.807) is 26.6 Å². The second kappa shape index (κ2) is 8.73. The fraction of sp³-hybridized carbons (Fsp3) is 0.435. The number of ether oxygens (including phenoxy) is 2. The fourth-order valence-corrected chi connectivity index (χ4v) is 4.11. The third-order valence-corrected chi connectivity index (χ3v) is 5.92. The first-order chi connectivity index (χ1) is 14.6. The summed E-state index contributed by atoms with van der Waals surface area (Å²) in [5.74, 6) is 1.09. The van der Waals surface area contributed by atoms with E-state index in [1.807, 2.05) is 35.2 Å². The third-order valence-electron chi connectivity index (χ3n) is 5.92. The molecule has 4 rings (SSSR count). The average Bonchev–Trinajstić information content (AvgIpc) is 3.55. The zero-order valence-electron chi connectivity index (χ0n) is 17.3. The number of likely N-dealkylation sites (tertiary alicyclic amines) is 1. The van der Waals surface area contributed by atoms with Gasteiger partial charge in [-0.3, -0.25) is 14.6 Å². The van der Waals surface area contributed by atoms with Crippen LogP contribution in [0.4, 0.5) is 0 Å². The Kier molecular flexibility index (Phi) is 5.88. The van der Waals surface area contributed by atoms with Crippen molar-refractivity contribution in [3.8, 4) is 11.5 Å². The molecule has 2 heterocycles. The van der Waals surface area contributed by atoms with E-state index in [0.29, 0.717) is 31.1 Å². The summed E-state index contributed by atoms with van der Waals surface area (Å²) in [6, 6.07) is 9.37. The van der Waals surface area contributed by atoms with Gasteiger partial charge in [-0.15, -0.1) is 0 Å². The van der Waals surface area contributed by atoms with Crippen LogP contribution in [0.1, 0.15) is 29.9 Å². The Bertz CT molecular complexity index is 914. The number of benzene rings is 1. The van der Waals surface area contributed by atoms with Crippen molar-refractivity contribution in [3.63, 3.8) is 0 Å². The molecule has 0 spiro atoms. The molecule has 1 N–H and O–H groups in total. The van der Waals surface area contributed by atoms with E-state index in [1.165, 1.54) is 0 Å². The van der Waals surface area contributed by atoms with Gasteiger partial charge in [-0.1, -0.05) is 6.07 Å². The molecule has 0 bridgehead atoms. The average molecular weight is 409 g/mol. The van der Waals surface area contributed by atoms with Crippen molar-refractivity contribution >= 4 is 11.8 Å². The van der Waals surface area contributed by atoms with Crippen LogP contribution in [0.5, 0.6) is 11.5 Å². The van der Waals surface area contributed by atoms with E-state index >= 15 is 0 Å². The Morgan fingerprint density at radius 2 is 2.00 bits per heavy atom. The molecule has 1 aliphatic heterocycles. The van der Waals surface area contributed by atoms with E-state index in [0.717, 1.165) is 24.0 Å². The first kappa shape index (κ1) is 20.2. The molecular formula is C23H27N3O4. The second-order valence-electron chi connectivity index (χ2n) is 7.92. The SMILES string of the molecule is COc1ccc(OC)c(C2CN(C(=O)C3CC3)CC2C(=O)NCc2cccnc2)c1. The summed E-state index contributed by atoms with van der Waals surface area (Å²) >= 11 is 0. The standard InChI is InChI=1S/C23H27N3O4/c1-29-17-7-8-21(30-2)18(10-17)19-13-26(23(28)16-5-6-16)14-20(19)22(27)25-12-15-4-3-9-24-11-15/h3-4,7-11,16,19-20H,5-6,12-14H2,1-2H3,(H,25,27). The zero-order valence-corrected chi connectivity index (χ0v) is 17.3. The number of carbonyl (C=O) groups is 2. The summed E-state index contributed by atoms with van der Waals surface area (Å²) in [4.78, 5) is 31.8. The number of amides is 2. The topological polar surface area (TPSA) is 80.8 Å². The van der Waals surface area contributed by atoms with Crippen LogP contribution in [-0.4, -0.2) is 49.0 Å². The van der Waals surface area contributed by atoms with E-state index in [-0.39, 0.29) is 29.6 Å². The first-order valence-electron chi connectivity index (χ1n) is 10.3. The largest absolute Gasteiger partial charge is 0.497 e. The lowest BCUT2D eigenvalue weighted by Crippen LogP contribution is -2.35. The number of pyridine rings is 1. The first-order valence-corrected chi connectivity index (χ1v) is 10.3. The van der Waals surface area contributed by atoms with Gasteiger partial charge in [0.05, 0.1) is 20.1 Å². The number of aromatic nitrogens is 1. The minimum atomic E-state index is -0.356. The van der Waals surface area contributed by atoms with Crippen LogP contribution in [0.25, 0.3) is 0 Å². The Morgan fingerprint density at radius 3 is 2.67 bits per heavy atom. The fourth-order valence-electron chi connectivity index (χ4n) is 4.11. The summed E-state index contributed by atoms with van der Waals surface area (Å²) in [7, 11) is 3.23. The van der Waals surface area contributed by atoms with Crippen LogP contribution in [0.3, 0.4) is 0 Å². The highest BCUT2D eigenvalue weighted by atomic mass is 16.5. The lowest BCUT2D eigenvalue weighted by Gasteiger charge is -2.21. The smallest absolute Gasteiger partial charge is 0.225 e. The summed E-state index contributed by atoms with van der Waals surface area (Å²) in [6.07, 6.45) is 5.33. The number of rotatable bonds is 7. The number of carbonyl (C=O) groups excluding carboxylic acids is 2. The molecule has 2 amide bonds. The molecule has 1 aromatic carbocycles. The Morgan fingerprint density at radius 1 is 1.17 bits per heavy atom. The van der Waals surface area contributed by atoms with Gasteiger partial charge in [-0.2, -0.15) is 0 Å². The molecule has 0 radical (unpaired) electrons. The van der Waals surface area contributed by atoms with Crippen molar-refractivity contribution in [2.24, 2.45) is 11.8 Å². The molecule has 1 saturated heterocycles. The third kappa shape index (κ3) is 4.25. The van der Waals surface area contributed by atoms with Gasteiger partial charge in [0, 0.05) is 49.4 Å². The number of hydrogen-bond donors (Lipinski definition) is 1. The molecule has 2 fully saturated rings. The van der Waals surface area contributed by atoms with Crippen LogP contribution in [0, 0.1) is 11.8 Å². The van der Waals surface area contributed by atoms with Gasteiger partial charge in [0.2, 0.25) is 11.8 Å². The maximum absolute atomic E-state index is 13.2. The highest BCUT2D eigenvalue weighted by Gasteiger charge is 2.44. The van der Waals surface area contributed by atoms with Crippen molar-refractivity contribution in [1.29, 1.82) is 0 Å². The van der Waals surface area contributed by atoms with Gasteiger partial charge in [0.25, 0.3) is 0 Å². The van der Waals surface area contributed by atoms with Crippen LogP contribution < -0.4 is 14.8 Å². The summed E-state index contributed by atoms with van der Waals surface area (Å²) in [6.45, 7) is 1.32. The van der Waals surface area contributed by atoms with Gasteiger partial charge in [-0.05, 0) is 42.7 Å². The molecule has 7 heteroatoms. The Labute approximate surface area is 176 Å². The molecular weight excluding hydrogens is 382 g/mol. The maximum atomic E-state index is 13.2. The molecule has 158 valence electrons. The lowest BCUT2D eigenvalue weighted by atomic mass is 9.87. The zero-order chi connectivity index (χ0) is 21.1. The van der Waals surface area contributed by atoms with Gasteiger partial charge < -0.3 is 19.7 Å². The molecule has 2 aliphatic rings. The number of methoxy groups -OCH3 is 2. The normalized spacial score (nSPS) is 20.7. The number of nitrogens with one attached hydrogen (secondary N) is 1. The Hall–Kier alpha value is -3.09. The van der Waals surface area contributed by atoms with E-state index in [9.17, 15) is 9.59 Å². The van der Waals surface area contributed by atoms with Gasteiger partial charge in [0.15, 0.2) is 0 Å². The van der Waals surface area contributed by atoms with E-state index in [2.05, 4.69) is 10.3 Å². The van der Waals surface area contributed by atoms with Crippen molar-refractivity contribution in [1.82, 2.24) is 15.2 Å². The molecule has 1 aromatic heterocycles. The predicted octanol–water partition coefficient (Wildman–Crippen LogP) is 2.37. The van der Waals surface area contributed by atoms with E-state index in [4.69, 9.17) is 9.47 Å². The van der Waals surface area contributed by atoms with Crippen molar-refractivity contribution in [3.05, 3.63) is 53.9 Å². The minimum absolute atomic E-state index is 0.0696. The van der Waals surface area contributed by atoms with Crippen LogP contribution in [-0.2, 0) is 16.1 Å². The van der Waals surface area contributed by atoms with Crippen LogP contribution in [0.2, 0.25) is 0 Å². The summed E-state index contributed by atoms with van der Waals surface area (Å²) in [5, 5.41) is 3.02. The molecule has 2 unspecified atom stereocenters. The summed E-state index contributed by atoms with van der Waals surface area (Å²) in [5.41, 5.74) is 1.83. The lowest BCUT2D eigenvalue weighted by molar-refractivity contribution is -0.132. The van der Waals surface area contributed by atoms with Gasteiger partial charge in [0.1, 0.15) is 11.5 Å². The van der Waals surface area contributed by atoms with Gasteiger partial charge >= 0.3 is 0 Å². The molecule has 30 heavy (non-hydrogen) atoms. The predicted molar refractivity (Wildman–Crippen MR) is 111 cm³/mol. The number of hydrogen-bond acceptors (Lipinski definition) is 5. The summed E-state index contributed by atoms with van der Waals surface area (Å²) < 4.78 is 11.0. The van der Waals surface area contributed by atoms with Crippen molar-refractivity contribution in [2.45, 2.75) is 25.3 Å². The number of nitrogens with zero attached hydrogens (tertiary/aromatic N) is 2. The quantitative estimate of drug-likeness (QED) is 0.759. The Balaban J connectivity index is 1.58. The highest BCUT2D eigenvalue weighted by Crippen LogP contribution is 2.41. The molecule has 2 atom stereocenters.